The fourth-order valence-electron chi connectivity index (χ4n) is 2.97. The van der Waals surface area contributed by atoms with Gasteiger partial charge in [0.2, 0.25) is 5.91 Å². The number of unbranched alkanes of at least 4 members (excludes halogenated alkanes) is 1. The summed E-state index contributed by atoms with van der Waals surface area (Å²) >= 11 is 0. The van der Waals surface area contributed by atoms with Crippen molar-refractivity contribution in [3.63, 3.8) is 0 Å². The monoisotopic (exact) mass is 283 g/mol. The zero-order valence-electron chi connectivity index (χ0n) is 12.7. The van der Waals surface area contributed by atoms with E-state index in [0.717, 1.165) is 25.9 Å². The Labute approximate surface area is 122 Å². The summed E-state index contributed by atoms with van der Waals surface area (Å²) in [4.78, 5) is 14.8. The summed E-state index contributed by atoms with van der Waals surface area (Å²) < 4.78 is 5.29. The van der Waals surface area contributed by atoms with Gasteiger partial charge in [-0.1, -0.05) is 13.3 Å². The maximum Gasteiger partial charge on any atom is 0.240 e. The SMILES string of the molecule is CCCCN1CCC(NC(=O)C2(N)CCOCC2)CC1. The van der Waals surface area contributed by atoms with E-state index in [1.54, 1.807) is 0 Å². The van der Waals surface area contributed by atoms with Gasteiger partial charge in [0.05, 0.1) is 5.54 Å². The van der Waals surface area contributed by atoms with E-state index in [1.165, 1.54) is 19.4 Å². The maximum absolute atomic E-state index is 12.3. The molecule has 0 aromatic heterocycles. The molecule has 2 aliphatic rings. The van der Waals surface area contributed by atoms with Crippen LogP contribution in [0.1, 0.15) is 45.4 Å². The minimum Gasteiger partial charge on any atom is -0.381 e. The number of amides is 1. The van der Waals surface area contributed by atoms with Gasteiger partial charge in [0.15, 0.2) is 0 Å². The van der Waals surface area contributed by atoms with Crippen molar-refractivity contribution >= 4 is 5.91 Å². The zero-order chi connectivity index (χ0) is 14.4. The molecule has 1 amide bonds. The van der Waals surface area contributed by atoms with Gasteiger partial charge in [0.1, 0.15) is 0 Å². The van der Waals surface area contributed by atoms with Gasteiger partial charge in [-0.15, -0.1) is 0 Å². The number of nitrogens with one attached hydrogen (secondary N) is 1. The smallest absolute Gasteiger partial charge is 0.240 e. The molecular weight excluding hydrogens is 254 g/mol. The number of likely N-dealkylation sites (tertiary alicyclic amines) is 1. The molecule has 0 aliphatic carbocycles. The van der Waals surface area contributed by atoms with E-state index in [0.29, 0.717) is 32.1 Å². The molecule has 3 N–H and O–H groups in total. The molecule has 2 rings (SSSR count). The quantitative estimate of drug-likeness (QED) is 0.786. The Balaban J connectivity index is 1.73. The largest absolute Gasteiger partial charge is 0.381 e. The Bertz CT molecular complexity index is 308. The highest BCUT2D eigenvalue weighted by Gasteiger charge is 2.37. The Morgan fingerprint density at radius 3 is 2.60 bits per heavy atom. The molecule has 0 saturated carbocycles. The van der Waals surface area contributed by atoms with E-state index in [-0.39, 0.29) is 5.91 Å². The highest BCUT2D eigenvalue weighted by Crippen LogP contribution is 2.19. The van der Waals surface area contributed by atoms with Crippen molar-refractivity contribution in [3.8, 4) is 0 Å². The highest BCUT2D eigenvalue weighted by molar-refractivity contribution is 5.86. The number of nitrogens with two attached hydrogens (primary N) is 1. The van der Waals surface area contributed by atoms with Gasteiger partial charge >= 0.3 is 0 Å². The molecule has 0 bridgehead atoms. The van der Waals surface area contributed by atoms with Crippen LogP contribution < -0.4 is 11.1 Å². The Morgan fingerprint density at radius 2 is 2.00 bits per heavy atom. The summed E-state index contributed by atoms with van der Waals surface area (Å²) in [6.45, 7) is 6.78. The number of piperidine rings is 1. The molecule has 0 aromatic carbocycles. The molecule has 2 saturated heterocycles. The molecule has 5 heteroatoms. The molecule has 2 aliphatic heterocycles. The normalized spacial score (nSPS) is 24.5. The second-order valence-corrected chi connectivity index (χ2v) is 6.21. The van der Waals surface area contributed by atoms with Crippen molar-refractivity contribution in [2.75, 3.05) is 32.8 Å². The highest BCUT2D eigenvalue weighted by atomic mass is 16.5. The lowest BCUT2D eigenvalue weighted by molar-refractivity contribution is -0.130. The van der Waals surface area contributed by atoms with Crippen LogP contribution in [0.3, 0.4) is 0 Å². The molecule has 116 valence electrons. The summed E-state index contributed by atoms with van der Waals surface area (Å²) in [5.41, 5.74) is 5.50. The first kappa shape index (κ1) is 15.7. The predicted molar refractivity (Wildman–Crippen MR) is 79.5 cm³/mol. The fourth-order valence-corrected chi connectivity index (χ4v) is 2.97. The van der Waals surface area contributed by atoms with E-state index in [9.17, 15) is 4.79 Å². The average Bonchev–Trinajstić information content (AvgIpc) is 2.47. The summed E-state index contributed by atoms with van der Waals surface area (Å²) in [6, 6.07) is 0.295. The molecule has 0 unspecified atom stereocenters. The Hall–Kier alpha value is -0.650. The van der Waals surface area contributed by atoms with Crippen molar-refractivity contribution in [2.45, 2.75) is 57.0 Å². The van der Waals surface area contributed by atoms with E-state index >= 15 is 0 Å². The summed E-state index contributed by atoms with van der Waals surface area (Å²) in [7, 11) is 0. The number of carbonyl (C=O) groups excluding carboxylic acids is 1. The van der Waals surface area contributed by atoms with Crippen molar-refractivity contribution in [2.24, 2.45) is 5.73 Å². The standard InChI is InChI=1S/C15H29N3O2/c1-2-3-8-18-9-4-13(5-10-18)17-14(19)15(16)6-11-20-12-7-15/h13H,2-12,16H2,1H3,(H,17,19). The molecule has 0 radical (unpaired) electrons. The van der Waals surface area contributed by atoms with Gasteiger partial charge in [-0.25, -0.2) is 0 Å². The molecular formula is C15H29N3O2. The van der Waals surface area contributed by atoms with Gasteiger partial charge in [-0.05, 0) is 38.6 Å². The first-order chi connectivity index (χ1) is 9.64. The van der Waals surface area contributed by atoms with Crippen molar-refractivity contribution < 1.29 is 9.53 Å². The lowest BCUT2D eigenvalue weighted by Crippen LogP contribution is -2.59. The number of hydrogen-bond acceptors (Lipinski definition) is 4. The number of hydrogen-bond donors (Lipinski definition) is 2. The Kier molecular flexibility index (Phi) is 5.81. The first-order valence-electron chi connectivity index (χ1n) is 8.04. The van der Waals surface area contributed by atoms with Crippen LogP contribution >= 0.6 is 0 Å². The fraction of sp³-hybridized carbons (Fsp3) is 0.933. The van der Waals surface area contributed by atoms with Crippen LogP contribution in [-0.2, 0) is 9.53 Å². The van der Waals surface area contributed by atoms with Crippen LogP contribution in [-0.4, -0.2) is 55.2 Å². The van der Waals surface area contributed by atoms with Crippen LogP contribution in [0.2, 0.25) is 0 Å². The van der Waals surface area contributed by atoms with E-state index < -0.39 is 5.54 Å². The summed E-state index contributed by atoms with van der Waals surface area (Å²) in [6.07, 6.45) is 5.86. The number of carbonyl (C=O) groups is 1. The van der Waals surface area contributed by atoms with Crippen molar-refractivity contribution in [1.82, 2.24) is 10.2 Å². The van der Waals surface area contributed by atoms with Gasteiger partial charge in [-0.2, -0.15) is 0 Å². The number of rotatable bonds is 5. The van der Waals surface area contributed by atoms with Crippen LogP contribution in [0, 0.1) is 0 Å². The van der Waals surface area contributed by atoms with Gasteiger partial charge in [0.25, 0.3) is 0 Å². The summed E-state index contributed by atoms with van der Waals surface area (Å²) in [5.74, 6) is 0.0211. The van der Waals surface area contributed by atoms with E-state index in [4.69, 9.17) is 10.5 Å². The van der Waals surface area contributed by atoms with Crippen LogP contribution in [0.15, 0.2) is 0 Å². The molecule has 0 atom stereocenters. The molecule has 2 heterocycles. The van der Waals surface area contributed by atoms with E-state index in [2.05, 4.69) is 17.1 Å². The lowest BCUT2D eigenvalue weighted by atomic mass is 9.89. The third-order valence-electron chi connectivity index (χ3n) is 4.59. The van der Waals surface area contributed by atoms with Gasteiger partial charge in [-0.3, -0.25) is 4.79 Å². The van der Waals surface area contributed by atoms with Crippen molar-refractivity contribution in [1.29, 1.82) is 0 Å². The Morgan fingerprint density at radius 1 is 1.35 bits per heavy atom. The minimum atomic E-state index is -0.711. The topological polar surface area (TPSA) is 67.6 Å². The molecule has 0 spiro atoms. The number of nitrogens with zero attached hydrogens (tertiary/aromatic N) is 1. The average molecular weight is 283 g/mol. The second-order valence-electron chi connectivity index (χ2n) is 6.21. The zero-order valence-corrected chi connectivity index (χ0v) is 12.7. The molecule has 2 fully saturated rings. The number of ether oxygens (including phenoxy) is 1. The van der Waals surface area contributed by atoms with E-state index in [1.807, 2.05) is 0 Å². The lowest BCUT2D eigenvalue weighted by Gasteiger charge is -2.36. The van der Waals surface area contributed by atoms with Crippen molar-refractivity contribution in [3.05, 3.63) is 0 Å². The summed E-state index contributed by atoms with van der Waals surface area (Å²) in [5, 5.41) is 3.16. The molecule has 20 heavy (non-hydrogen) atoms. The van der Waals surface area contributed by atoms with Crippen LogP contribution in [0.4, 0.5) is 0 Å². The maximum atomic E-state index is 12.3. The van der Waals surface area contributed by atoms with Gasteiger partial charge < -0.3 is 20.7 Å². The molecule has 0 aromatic rings. The molecule has 5 nitrogen and oxygen atoms in total. The predicted octanol–water partition coefficient (Wildman–Crippen LogP) is 0.875. The van der Waals surface area contributed by atoms with Crippen LogP contribution in [0.25, 0.3) is 0 Å². The third kappa shape index (κ3) is 4.17. The van der Waals surface area contributed by atoms with Crippen LogP contribution in [0.5, 0.6) is 0 Å². The minimum absolute atomic E-state index is 0.0211. The van der Waals surface area contributed by atoms with Gasteiger partial charge in [0, 0.05) is 32.3 Å². The second kappa shape index (κ2) is 7.38. The third-order valence-corrected chi connectivity index (χ3v) is 4.59. The first-order valence-corrected chi connectivity index (χ1v) is 8.04.